The summed E-state index contributed by atoms with van der Waals surface area (Å²) in [4.78, 5) is 12.6. The van der Waals surface area contributed by atoms with E-state index in [1.54, 1.807) is 19.2 Å². The second kappa shape index (κ2) is 15.9. The molecule has 0 saturated carbocycles. The second-order valence-corrected chi connectivity index (χ2v) is 7.75. The summed E-state index contributed by atoms with van der Waals surface area (Å²) in [5.41, 5.74) is 1.55. The number of aromatic nitrogens is 1. The number of aryl methyl sites for hydroxylation is 1. The van der Waals surface area contributed by atoms with Crippen LogP contribution in [0.3, 0.4) is 0 Å². The molecule has 0 aliphatic rings. The zero-order valence-corrected chi connectivity index (χ0v) is 21.3. The molecule has 1 aromatic heterocycles. The maximum Gasteiger partial charge on any atom is 0.255 e. The van der Waals surface area contributed by atoms with E-state index in [1.807, 2.05) is 42.2 Å². The molecule has 6 heteroatoms. The lowest BCUT2D eigenvalue weighted by Crippen LogP contribution is -3.00. The third-order valence-electron chi connectivity index (χ3n) is 5.14. The van der Waals surface area contributed by atoms with E-state index in [0.717, 1.165) is 17.7 Å². The van der Waals surface area contributed by atoms with Gasteiger partial charge in [-0.05, 0) is 24.6 Å². The van der Waals surface area contributed by atoms with Gasteiger partial charge in [0.05, 0.1) is 19.3 Å². The van der Waals surface area contributed by atoms with Gasteiger partial charge in [0.25, 0.3) is 5.91 Å². The van der Waals surface area contributed by atoms with Crippen molar-refractivity contribution in [1.82, 2.24) is 5.32 Å². The van der Waals surface area contributed by atoms with Crippen LogP contribution in [-0.2, 0) is 13.6 Å². The number of benzene rings is 1. The van der Waals surface area contributed by atoms with Crippen molar-refractivity contribution in [3.05, 3.63) is 53.9 Å². The number of methoxy groups -OCH3 is 1. The first-order chi connectivity index (χ1) is 14.6. The molecule has 1 aromatic carbocycles. The van der Waals surface area contributed by atoms with Gasteiger partial charge in [0.15, 0.2) is 12.4 Å². The Labute approximate surface area is 204 Å². The Hall–Kier alpha value is -1.83. The summed E-state index contributed by atoms with van der Waals surface area (Å²) >= 11 is 0. The highest BCUT2D eigenvalue weighted by molar-refractivity contribution is 5.97. The van der Waals surface area contributed by atoms with Gasteiger partial charge in [-0.2, -0.15) is 0 Å². The first-order valence-electron chi connectivity index (χ1n) is 11.2. The number of hydrogen-bond donors (Lipinski definition) is 1. The van der Waals surface area contributed by atoms with Crippen LogP contribution in [0.1, 0.15) is 74.2 Å². The molecule has 1 amide bonds. The summed E-state index contributed by atoms with van der Waals surface area (Å²) in [7, 11) is 3.53. The highest BCUT2D eigenvalue weighted by atomic mass is 127. The van der Waals surface area contributed by atoms with Crippen molar-refractivity contribution in [1.29, 1.82) is 0 Å². The van der Waals surface area contributed by atoms with Crippen LogP contribution >= 0.6 is 0 Å². The van der Waals surface area contributed by atoms with Crippen molar-refractivity contribution in [3.63, 3.8) is 0 Å². The number of rotatable bonds is 14. The number of amides is 1. The fourth-order valence-electron chi connectivity index (χ4n) is 3.41. The molecule has 0 radical (unpaired) electrons. The molecule has 2 aromatic rings. The number of nitrogens with one attached hydrogen (secondary N) is 1. The van der Waals surface area contributed by atoms with Gasteiger partial charge >= 0.3 is 0 Å². The normalized spacial score (nSPS) is 10.3. The summed E-state index contributed by atoms with van der Waals surface area (Å²) in [6.07, 6.45) is 14.1. The molecule has 0 spiro atoms. The number of nitrogens with zero attached hydrogens (tertiary/aromatic N) is 1. The molecule has 0 aliphatic carbocycles. The van der Waals surface area contributed by atoms with E-state index < -0.39 is 0 Å². The zero-order valence-electron chi connectivity index (χ0n) is 19.2. The molecular weight excluding hydrogens is 503 g/mol. The van der Waals surface area contributed by atoms with E-state index in [0.29, 0.717) is 24.5 Å². The molecule has 0 unspecified atom stereocenters. The van der Waals surface area contributed by atoms with Crippen LogP contribution in [0.5, 0.6) is 11.5 Å². The van der Waals surface area contributed by atoms with E-state index in [-0.39, 0.29) is 29.9 Å². The van der Waals surface area contributed by atoms with Crippen LogP contribution in [0.2, 0.25) is 0 Å². The average Bonchev–Trinajstić information content (AvgIpc) is 2.76. The quantitative estimate of drug-likeness (QED) is 0.227. The second-order valence-electron chi connectivity index (χ2n) is 7.75. The van der Waals surface area contributed by atoms with Crippen LogP contribution in [0.4, 0.5) is 0 Å². The first-order valence-corrected chi connectivity index (χ1v) is 11.2. The van der Waals surface area contributed by atoms with Crippen LogP contribution in [0, 0.1) is 0 Å². The summed E-state index contributed by atoms with van der Waals surface area (Å²) in [5, 5.41) is 2.95. The molecular formula is C25H37IN2O3. The minimum absolute atomic E-state index is 0. The third-order valence-corrected chi connectivity index (χ3v) is 5.14. The van der Waals surface area contributed by atoms with Gasteiger partial charge in [0.1, 0.15) is 18.5 Å². The van der Waals surface area contributed by atoms with Crippen molar-refractivity contribution in [2.24, 2.45) is 7.05 Å². The summed E-state index contributed by atoms with van der Waals surface area (Å²) in [6.45, 7) is 3.40. The fraction of sp³-hybridized carbons (Fsp3) is 0.520. The average molecular weight is 540 g/mol. The summed E-state index contributed by atoms with van der Waals surface area (Å²) in [6, 6.07) is 9.34. The molecule has 1 heterocycles. The van der Waals surface area contributed by atoms with Gasteiger partial charge in [-0.3, -0.25) is 4.79 Å². The van der Waals surface area contributed by atoms with Crippen molar-refractivity contribution in [3.8, 4) is 11.5 Å². The van der Waals surface area contributed by atoms with Gasteiger partial charge in [0, 0.05) is 24.2 Å². The van der Waals surface area contributed by atoms with E-state index in [9.17, 15) is 4.79 Å². The van der Waals surface area contributed by atoms with E-state index in [4.69, 9.17) is 9.47 Å². The topological polar surface area (TPSA) is 51.4 Å². The molecule has 172 valence electrons. The minimum Gasteiger partial charge on any atom is -1.00 e. The van der Waals surface area contributed by atoms with Crippen LogP contribution < -0.4 is 43.3 Å². The monoisotopic (exact) mass is 540 g/mol. The number of unbranched alkanes of at least 4 members (excludes halogenated alkanes) is 7. The highest BCUT2D eigenvalue weighted by Crippen LogP contribution is 2.25. The molecule has 0 saturated heterocycles. The fourth-order valence-corrected chi connectivity index (χ4v) is 3.41. The van der Waals surface area contributed by atoms with E-state index >= 15 is 0 Å². The molecule has 0 bridgehead atoms. The van der Waals surface area contributed by atoms with Gasteiger partial charge in [-0.1, -0.05) is 51.9 Å². The Morgan fingerprint density at radius 3 is 2.42 bits per heavy atom. The molecule has 31 heavy (non-hydrogen) atoms. The van der Waals surface area contributed by atoms with Crippen LogP contribution in [0.15, 0.2) is 42.7 Å². The third kappa shape index (κ3) is 10.4. The van der Waals surface area contributed by atoms with Crippen LogP contribution in [0.25, 0.3) is 0 Å². The largest absolute Gasteiger partial charge is 1.00 e. The van der Waals surface area contributed by atoms with Gasteiger partial charge in [0.2, 0.25) is 0 Å². The Kier molecular flexibility index (Phi) is 13.9. The lowest BCUT2D eigenvalue weighted by Gasteiger charge is -2.12. The van der Waals surface area contributed by atoms with Gasteiger partial charge in [-0.15, -0.1) is 0 Å². The van der Waals surface area contributed by atoms with Crippen molar-refractivity contribution in [2.45, 2.75) is 64.8 Å². The molecule has 5 nitrogen and oxygen atoms in total. The predicted octanol–water partition coefficient (Wildman–Crippen LogP) is 1.97. The minimum atomic E-state index is -0.159. The van der Waals surface area contributed by atoms with E-state index in [2.05, 4.69) is 12.2 Å². The van der Waals surface area contributed by atoms with Crippen molar-refractivity contribution < 1.29 is 42.8 Å². The zero-order chi connectivity index (χ0) is 21.6. The van der Waals surface area contributed by atoms with Gasteiger partial charge < -0.3 is 38.8 Å². The molecule has 1 N–H and O–H groups in total. The van der Waals surface area contributed by atoms with Gasteiger partial charge in [-0.25, -0.2) is 4.57 Å². The number of ether oxygens (including phenoxy) is 2. The number of pyridine rings is 1. The maximum absolute atomic E-state index is 12.6. The number of hydrogen-bond acceptors (Lipinski definition) is 3. The summed E-state index contributed by atoms with van der Waals surface area (Å²) < 4.78 is 13.2. The number of carbonyl (C=O) groups is 1. The molecule has 2 rings (SSSR count). The number of halogens is 1. The Morgan fingerprint density at radius 1 is 1.03 bits per heavy atom. The lowest BCUT2D eigenvalue weighted by molar-refractivity contribution is -0.671. The standard InChI is InChI=1S/C25H36N2O3.HI/c1-4-5-6-7-8-9-10-11-17-30-22-14-15-23(24(18-22)29-3)25(28)26-19-21-13-12-16-27(2)20-21;/h12-16,18,20H,4-11,17,19H2,1-3H3;1H. The predicted molar refractivity (Wildman–Crippen MR) is 120 cm³/mol. The molecule has 0 fully saturated rings. The Morgan fingerprint density at radius 2 is 1.74 bits per heavy atom. The molecule has 0 aliphatic heterocycles. The number of carbonyl (C=O) groups excluding carboxylic acids is 1. The molecule has 0 atom stereocenters. The highest BCUT2D eigenvalue weighted by Gasteiger charge is 2.13. The SMILES string of the molecule is CCCCCCCCCCOc1ccc(C(=O)NCc2ccc[n+](C)c2)c(OC)c1.[I-]. The van der Waals surface area contributed by atoms with Crippen molar-refractivity contribution in [2.75, 3.05) is 13.7 Å². The lowest BCUT2D eigenvalue weighted by atomic mass is 10.1. The maximum atomic E-state index is 12.6. The van der Waals surface area contributed by atoms with E-state index in [1.165, 1.54) is 44.9 Å². The Bertz CT molecular complexity index is 783. The smallest absolute Gasteiger partial charge is 0.255 e. The first kappa shape index (κ1) is 27.2. The van der Waals surface area contributed by atoms with Crippen molar-refractivity contribution >= 4 is 5.91 Å². The van der Waals surface area contributed by atoms with Crippen LogP contribution in [-0.4, -0.2) is 19.6 Å². The Balaban J connectivity index is 0.00000480. The summed E-state index contributed by atoms with van der Waals surface area (Å²) in [5.74, 6) is 1.11.